The first-order chi connectivity index (χ1) is 15.4. The maximum atomic E-state index is 11.8. The van der Waals surface area contributed by atoms with Crippen LogP contribution in [0.3, 0.4) is 0 Å². The summed E-state index contributed by atoms with van der Waals surface area (Å²) in [6.07, 6.45) is 0. The molecule has 2 aromatic carbocycles. The lowest BCUT2D eigenvalue weighted by Crippen LogP contribution is -2.40. The summed E-state index contributed by atoms with van der Waals surface area (Å²) < 4.78 is 12.7. The molecule has 1 aliphatic rings. The normalized spacial score (nSPS) is 15.9. The summed E-state index contributed by atoms with van der Waals surface area (Å²) in [4.78, 5) is 16.3. The van der Waals surface area contributed by atoms with Crippen molar-refractivity contribution in [1.29, 1.82) is 0 Å². The van der Waals surface area contributed by atoms with Crippen molar-refractivity contribution in [2.24, 2.45) is 0 Å². The summed E-state index contributed by atoms with van der Waals surface area (Å²) in [5.74, 6) is 0.935. The first-order valence-electron chi connectivity index (χ1n) is 10.7. The summed E-state index contributed by atoms with van der Waals surface area (Å²) in [6, 6.07) is 14.0. The third-order valence-corrected chi connectivity index (χ3v) is 6.50. The van der Waals surface area contributed by atoms with Crippen molar-refractivity contribution in [2.45, 2.75) is 25.9 Å². The van der Waals surface area contributed by atoms with Crippen LogP contribution >= 0.6 is 12.2 Å². The van der Waals surface area contributed by atoms with Crippen LogP contribution in [0.2, 0.25) is 0 Å². The summed E-state index contributed by atoms with van der Waals surface area (Å²) in [5, 5.41) is 1.25. The molecule has 2 heterocycles. The molecule has 168 valence electrons. The number of ether oxygens (including phenoxy) is 2. The Labute approximate surface area is 194 Å². The van der Waals surface area contributed by atoms with Gasteiger partial charge in [-0.3, -0.25) is 4.90 Å². The number of carbonyl (C=O) groups is 1. The van der Waals surface area contributed by atoms with Crippen LogP contribution in [0.15, 0.2) is 42.5 Å². The number of benzene rings is 2. The zero-order valence-electron chi connectivity index (χ0n) is 19.0. The van der Waals surface area contributed by atoms with Gasteiger partial charge in [0.05, 0.1) is 31.9 Å². The average Bonchev–Trinajstić information content (AvgIpc) is 3.11. The Balaban J connectivity index is 1.77. The van der Waals surface area contributed by atoms with Gasteiger partial charge in [0.25, 0.3) is 0 Å². The fraction of sp³-hybridized carbons (Fsp3) is 0.360. The highest BCUT2D eigenvalue weighted by atomic mass is 32.1. The minimum Gasteiger partial charge on any atom is -0.497 e. The molecule has 3 aromatic rings. The van der Waals surface area contributed by atoms with Crippen molar-refractivity contribution < 1.29 is 14.3 Å². The van der Waals surface area contributed by atoms with Crippen molar-refractivity contribution in [1.82, 2.24) is 14.4 Å². The van der Waals surface area contributed by atoms with Crippen LogP contribution < -0.4 is 4.74 Å². The SMILES string of the molecule is COC(=O)c1ccc(Cn2c3c(c4cc(OC)ccc42)C(C)CN(CN(C)C=S)C3)cc1. The van der Waals surface area contributed by atoms with Crippen LogP contribution in [0, 0.1) is 0 Å². The summed E-state index contributed by atoms with van der Waals surface area (Å²) in [6.45, 7) is 5.64. The third-order valence-electron chi connectivity index (χ3n) is 6.14. The molecule has 4 rings (SSSR count). The predicted molar refractivity (Wildman–Crippen MR) is 130 cm³/mol. The van der Waals surface area contributed by atoms with E-state index in [2.05, 4.69) is 28.5 Å². The Hall–Kier alpha value is -2.90. The molecule has 1 aromatic heterocycles. The van der Waals surface area contributed by atoms with E-state index in [1.54, 1.807) is 12.6 Å². The second-order valence-electron chi connectivity index (χ2n) is 8.43. The van der Waals surface area contributed by atoms with Crippen molar-refractivity contribution in [2.75, 3.05) is 34.5 Å². The molecule has 32 heavy (non-hydrogen) atoms. The Morgan fingerprint density at radius 3 is 2.62 bits per heavy atom. The number of esters is 1. The number of nitrogens with zero attached hydrogens (tertiary/aromatic N) is 3. The first-order valence-corrected chi connectivity index (χ1v) is 11.2. The fourth-order valence-electron chi connectivity index (χ4n) is 4.70. The molecule has 7 heteroatoms. The minimum atomic E-state index is -0.320. The Kier molecular flexibility index (Phi) is 6.48. The quantitative estimate of drug-likeness (QED) is 0.395. The topological polar surface area (TPSA) is 46.9 Å². The number of hydrogen-bond acceptors (Lipinski definition) is 5. The average molecular weight is 452 g/mol. The van der Waals surface area contributed by atoms with Gasteiger partial charge in [-0.15, -0.1) is 0 Å². The number of hydrogen-bond donors (Lipinski definition) is 0. The first kappa shape index (κ1) is 22.3. The largest absolute Gasteiger partial charge is 0.497 e. The molecule has 0 saturated carbocycles. The van der Waals surface area contributed by atoms with Crippen molar-refractivity contribution in [3.8, 4) is 5.75 Å². The van der Waals surface area contributed by atoms with Crippen LogP contribution in [-0.4, -0.2) is 60.3 Å². The van der Waals surface area contributed by atoms with E-state index in [1.807, 2.05) is 42.3 Å². The van der Waals surface area contributed by atoms with Crippen LogP contribution in [-0.2, 0) is 17.8 Å². The van der Waals surface area contributed by atoms with Gasteiger partial charge in [0.1, 0.15) is 5.75 Å². The second-order valence-corrected chi connectivity index (χ2v) is 8.65. The Morgan fingerprint density at radius 1 is 1.22 bits per heavy atom. The van der Waals surface area contributed by atoms with Crippen molar-refractivity contribution >= 4 is 34.6 Å². The molecular weight excluding hydrogens is 422 g/mol. The van der Waals surface area contributed by atoms with E-state index in [-0.39, 0.29) is 5.97 Å². The molecule has 0 N–H and O–H groups in total. The van der Waals surface area contributed by atoms with Crippen LogP contribution in [0.1, 0.15) is 40.0 Å². The van der Waals surface area contributed by atoms with Gasteiger partial charge in [0.2, 0.25) is 0 Å². The highest BCUT2D eigenvalue weighted by molar-refractivity contribution is 7.78. The van der Waals surface area contributed by atoms with E-state index < -0.39 is 0 Å². The van der Waals surface area contributed by atoms with Gasteiger partial charge in [-0.25, -0.2) is 4.79 Å². The molecular formula is C25H29N3O3S. The number of thiocarbonyl (C=S) groups is 1. The third kappa shape index (κ3) is 4.23. The number of carbonyl (C=O) groups excluding carboxylic acids is 1. The molecule has 1 unspecified atom stereocenters. The molecule has 0 fully saturated rings. The Bertz CT molecular complexity index is 1140. The number of aromatic nitrogens is 1. The molecule has 1 aliphatic heterocycles. The Morgan fingerprint density at radius 2 is 1.97 bits per heavy atom. The van der Waals surface area contributed by atoms with Crippen molar-refractivity contribution in [3.05, 3.63) is 64.8 Å². The van der Waals surface area contributed by atoms with Gasteiger partial charge >= 0.3 is 5.97 Å². The lowest BCUT2D eigenvalue weighted by Gasteiger charge is -2.34. The summed E-state index contributed by atoms with van der Waals surface area (Å²) in [5.41, 5.74) is 7.30. The van der Waals surface area contributed by atoms with E-state index in [0.717, 1.165) is 37.6 Å². The summed E-state index contributed by atoms with van der Waals surface area (Å²) in [7, 11) is 5.12. The summed E-state index contributed by atoms with van der Waals surface area (Å²) >= 11 is 5.10. The highest BCUT2D eigenvalue weighted by Crippen LogP contribution is 2.38. The maximum Gasteiger partial charge on any atom is 0.337 e. The highest BCUT2D eigenvalue weighted by Gasteiger charge is 2.29. The predicted octanol–water partition coefficient (Wildman–Crippen LogP) is 4.25. The second kappa shape index (κ2) is 9.30. The van der Waals surface area contributed by atoms with Gasteiger partial charge in [-0.2, -0.15) is 0 Å². The number of fused-ring (bicyclic) bond motifs is 3. The molecule has 0 spiro atoms. The standard InChI is InChI=1S/C25H29N3O3S/c1-17-12-27(15-26(2)16-32)14-23-24(17)21-11-20(30-3)9-10-22(21)28(23)13-18-5-7-19(8-6-18)25(29)31-4/h5-11,16-17H,12-15H2,1-4H3. The lowest BCUT2D eigenvalue weighted by atomic mass is 9.93. The van der Waals surface area contributed by atoms with Gasteiger partial charge in [0, 0.05) is 43.3 Å². The van der Waals surface area contributed by atoms with E-state index in [0.29, 0.717) is 11.5 Å². The number of methoxy groups -OCH3 is 2. The zero-order chi connectivity index (χ0) is 22.8. The van der Waals surface area contributed by atoms with Gasteiger partial charge < -0.3 is 18.9 Å². The van der Waals surface area contributed by atoms with E-state index in [4.69, 9.17) is 21.7 Å². The van der Waals surface area contributed by atoms with E-state index >= 15 is 0 Å². The van der Waals surface area contributed by atoms with Crippen LogP contribution in [0.25, 0.3) is 10.9 Å². The molecule has 0 saturated heterocycles. The van der Waals surface area contributed by atoms with Crippen LogP contribution in [0.4, 0.5) is 0 Å². The molecule has 0 radical (unpaired) electrons. The monoisotopic (exact) mass is 451 g/mol. The smallest absolute Gasteiger partial charge is 0.337 e. The molecule has 0 bridgehead atoms. The molecule has 0 aliphatic carbocycles. The van der Waals surface area contributed by atoms with E-state index in [1.165, 1.54) is 29.3 Å². The lowest BCUT2D eigenvalue weighted by molar-refractivity contribution is 0.0600. The zero-order valence-corrected chi connectivity index (χ0v) is 19.8. The van der Waals surface area contributed by atoms with Crippen LogP contribution in [0.5, 0.6) is 5.75 Å². The molecule has 6 nitrogen and oxygen atoms in total. The minimum absolute atomic E-state index is 0.320. The van der Waals surface area contributed by atoms with Gasteiger partial charge in [-0.05, 0) is 47.4 Å². The maximum absolute atomic E-state index is 11.8. The van der Waals surface area contributed by atoms with Gasteiger partial charge in [-0.1, -0.05) is 31.3 Å². The molecule has 0 amide bonds. The van der Waals surface area contributed by atoms with Crippen molar-refractivity contribution in [3.63, 3.8) is 0 Å². The fourth-order valence-corrected chi connectivity index (χ4v) is 4.77. The number of rotatable bonds is 7. The molecule has 1 atom stereocenters. The van der Waals surface area contributed by atoms with Gasteiger partial charge in [0.15, 0.2) is 0 Å². The van der Waals surface area contributed by atoms with E-state index in [9.17, 15) is 4.79 Å².